The van der Waals surface area contributed by atoms with Crippen molar-refractivity contribution in [1.29, 1.82) is 0 Å². The third kappa shape index (κ3) is 11.1. The molecule has 0 bridgehead atoms. The van der Waals surface area contributed by atoms with E-state index in [1.165, 1.54) is 4.90 Å². The molecule has 9 nitrogen and oxygen atoms in total. The van der Waals surface area contributed by atoms with Crippen molar-refractivity contribution >= 4 is 23.8 Å². The van der Waals surface area contributed by atoms with E-state index in [-0.39, 0.29) is 18.7 Å². The number of primary amides is 1. The third-order valence-electron chi connectivity index (χ3n) is 6.28. The highest BCUT2D eigenvalue weighted by atomic mass is 16.6. The highest BCUT2D eigenvalue weighted by molar-refractivity contribution is 5.92. The van der Waals surface area contributed by atoms with Crippen LogP contribution < -0.4 is 16.4 Å². The maximum atomic E-state index is 14.1. The van der Waals surface area contributed by atoms with Crippen LogP contribution >= 0.6 is 0 Å². The van der Waals surface area contributed by atoms with Crippen molar-refractivity contribution in [3.8, 4) is 0 Å². The number of amides is 4. The van der Waals surface area contributed by atoms with Gasteiger partial charge < -0.3 is 26.0 Å². The fraction of sp³-hybridized carbons (Fsp3) is 0.655. The van der Waals surface area contributed by atoms with Crippen LogP contribution in [-0.2, 0) is 19.1 Å². The first-order chi connectivity index (χ1) is 17.8. The molecule has 38 heavy (non-hydrogen) atoms. The summed E-state index contributed by atoms with van der Waals surface area (Å²) in [5.41, 5.74) is 7.25. The molecule has 9 heteroatoms. The molecule has 1 aromatic rings. The summed E-state index contributed by atoms with van der Waals surface area (Å²) in [6, 6.07) is 3.72. The Morgan fingerprint density at radius 1 is 1.03 bits per heavy atom. The van der Waals surface area contributed by atoms with Crippen LogP contribution in [-0.4, -0.2) is 53.4 Å². The molecule has 2 atom stereocenters. The van der Waals surface area contributed by atoms with Gasteiger partial charge in [0, 0.05) is 19.5 Å². The highest BCUT2D eigenvalue weighted by Crippen LogP contribution is 2.28. The number of ether oxygens (including phenoxy) is 1. The lowest BCUT2D eigenvalue weighted by Crippen LogP contribution is -2.53. The molecule has 0 saturated heterocycles. The second-order valence-electron chi connectivity index (χ2n) is 10.8. The number of alkyl carbamates (subject to hydrolysis) is 1. The van der Waals surface area contributed by atoms with Crippen molar-refractivity contribution < 1.29 is 23.9 Å². The average Bonchev–Trinajstić information content (AvgIpc) is 2.82. The zero-order valence-electron chi connectivity index (χ0n) is 24.3. The quantitative estimate of drug-likeness (QED) is 0.288. The molecule has 1 aromatic carbocycles. The minimum absolute atomic E-state index is 0.00628. The van der Waals surface area contributed by atoms with Gasteiger partial charge in [-0.25, -0.2) is 4.79 Å². The summed E-state index contributed by atoms with van der Waals surface area (Å²) < 4.78 is 5.37. The number of carbonyl (C=O) groups excluding carboxylic acids is 4. The topological polar surface area (TPSA) is 131 Å². The van der Waals surface area contributed by atoms with E-state index in [0.29, 0.717) is 19.5 Å². The molecule has 0 fully saturated rings. The minimum atomic E-state index is -1.09. The number of nitrogens with two attached hydrogens (primary N) is 1. The molecule has 0 heterocycles. The monoisotopic (exact) mass is 532 g/mol. The lowest BCUT2D eigenvalue weighted by atomic mass is 9.94. The standard InChI is InChI=1S/C29H48N4O5/c1-8-10-12-18-31-26(35)25(22-15-13-14-20(3)21(22)4)33(19-11-9-2)27(36)23(16-17-24(30)34)32-28(37)38-29(5,6)7/h13-15,23,25H,8-12,16-19H2,1-7H3,(H2,30,34)(H,31,35)(H,32,37). The van der Waals surface area contributed by atoms with Gasteiger partial charge in [0.05, 0.1) is 0 Å². The molecule has 0 saturated carbocycles. The number of nitrogens with one attached hydrogen (secondary N) is 2. The predicted molar refractivity (Wildman–Crippen MR) is 149 cm³/mol. The van der Waals surface area contributed by atoms with E-state index in [9.17, 15) is 19.2 Å². The molecule has 0 aliphatic rings. The molecule has 0 spiro atoms. The first kappa shape index (κ1) is 32.9. The van der Waals surface area contributed by atoms with Crippen LogP contribution in [0.5, 0.6) is 0 Å². The summed E-state index contributed by atoms with van der Waals surface area (Å²) in [7, 11) is 0. The molecule has 2 unspecified atom stereocenters. The fourth-order valence-electron chi connectivity index (χ4n) is 4.09. The number of unbranched alkanes of at least 4 members (excludes halogenated alkanes) is 3. The Hall–Kier alpha value is -3.10. The molecule has 0 aliphatic heterocycles. The molecular weight excluding hydrogens is 484 g/mol. The second-order valence-corrected chi connectivity index (χ2v) is 10.8. The van der Waals surface area contributed by atoms with Gasteiger partial charge in [-0.15, -0.1) is 0 Å². The summed E-state index contributed by atoms with van der Waals surface area (Å²) in [5, 5.41) is 5.64. The number of benzene rings is 1. The predicted octanol–water partition coefficient (Wildman–Crippen LogP) is 4.44. The van der Waals surface area contributed by atoms with E-state index in [2.05, 4.69) is 17.6 Å². The molecule has 0 radical (unpaired) electrons. The van der Waals surface area contributed by atoms with Gasteiger partial charge in [0.1, 0.15) is 17.7 Å². The highest BCUT2D eigenvalue weighted by Gasteiger charge is 2.36. The molecule has 0 aliphatic carbocycles. The Bertz CT molecular complexity index is 941. The Kier molecular flexibility index (Phi) is 13.9. The van der Waals surface area contributed by atoms with Gasteiger partial charge in [-0.1, -0.05) is 51.3 Å². The van der Waals surface area contributed by atoms with Gasteiger partial charge in [-0.05, 0) is 70.6 Å². The molecule has 1 rings (SSSR count). The van der Waals surface area contributed by atoms with Crippen molar-refractivity contribution in [2.24, 2.45) is 5.73 Å². The summed E-state index contributed by atoms with van der Waals surface area (Å²) in [6.45, 7) is 14.0. The lowest BCUT2D eigenvalue weighted by Gasteiger charge is -2.35. The van der Waals surface area contributed by atoms with Crippen molar-refractivity contribution in [3.63, 3.8) is 0 Å². The first-order valence-electron chi connectivity index (χ1n) is 13.7. The number of carbonyl (C=O) groups is 4. The molecule has 4 amide bonds. The van der Waals surface area contributed by atoms with Crippen LogP contribution in [0.25, 0.3) is 0 Å². The first-order valence-corrected chi connectivity index (χ1v) is 13.7. The van der Waals surface area contributed by atoms with Crippen LogP contribution in [0.15, 0.2) is 18.2 Å². The van der Waals surface area contributed by atoms with Gasteiger partial charge >= 0.3 is 6.09 Å². The van der Waals surface area contributed by atoms with E-state index < -0.39 is 35.6 Å². The van der Waals surface area contributed by atoms with Crippen LogP contribution in [0.1, 0.15) is 102 Å². The zero-order valence-corrected chi connectivity index (χ0v) is 24.3. The van der Waals surface area contributed by atoms with Crippen molar-refractivity contribution in [1.82, 2.24) is 15.5 Å². The minimum Gasteiger partial charge on any atom is -0.444 e. The third-order valence-corrected chi connectivity index (χ3v) is 6.28. The van der Waals surface area contributed by atoms with Crippen LogP contribution in [0.2, 0.25) is 0 Å². The van der Waals surface area contributed by atoms with Gasteiger partial charge in [-0.2, -0.15) is 0 Å². The van der Waals surface area contributed by atoms with Crippen LogP contribution in [0, 0.1) is 13.8 Å². The van der Waals surface area contributed by atoms with E-state index in [0.717, 1.165) is 42.4 Å². The average molecular weight is 533 g/mol. The van der Waals surface area contributed by atoms with Gasteiger partial charge in [0.2, 0.25) is 17.7 Å². The molecule has 0 aromatic heterocycles. The number of nitrogens with zero attached hydrogens (tertiary/aromatic N) is 1. The van der Waals surface area contributed by atoms with E-state index in [1.54, 1.807) is 20.8 Å². The zero-order chi connectivity index (χ0) is 28.9. The fourth-order valence-corrected chi connectivity index (χ4v) is 4.09. The van der Waals surface area contributed by atoms with Gasteiger partial charge in [0.25, 0.3) is 0 Å². The van der Waals surface area contributed by atoms with Gasteiger partial charge in [0.15, 0.2) is 0 Å². The largest absolute Gasteiger partial charge is 0.444 e. The van der Waals surface area contributed by atoms with Crippen LogP contribution in [0.4, 0.5) is 4.79 Å². The van der Waals surface area contributed by atoms with Gasteiger partial charge in [-0.3, -0.25) is 14.4 Å². The summed E-state index contributed by atoms with van der Waals surface area (Å²) >= 11 is 0. The summed E-state index contributed by atoms with van der Waals surface area (Å²) in [4.78, 5) is 53.5. The maximum Gasteiger partial charge on any atom is 0.408 e. The summed E-state index contributed by atoms with van der Waals surface area (Å²) in [6.07, 6.45) is 3.42. The number of aryl methyl sites for hydroxylation is 1. The van der Waals surface area contributed by atoms with E-state index in [4.69, 9.17) is 10.5 Å². The van der Waals surface area contributed by atoms with Crippen molar-refractivity contribution in [2.75, 3.05) is 13.1 Å². The van der Waals surface area contributed by atoms with Crippen molar-refractivity contribution in [3.05, 3.63) is 34.9 Å². The Balaban J connectivity index is 3.50. The Morgan fingerprint density at radius 2 is 1.68 bits per heavy atom. The SMILES string of the molecule is CCCCCNC(=O)C(c1cccc(C)c1C)N(CCCC)C(=O)C(CCC(N)=O)NC(=O)OC(C)(C)C. The molecule has 214 valence electrons. The number of hydrogen-bond donors (Lipinski definition) is 3. The molecule has 4 N–H and O–H groups in total. The van der Waals surface area contributed by atoms with E-state index >= 15 is 0 Å². The second kappa shape index (κ2) is 16.0. The molecular formula is C29H48N4O5. The normalized spacial score (nSPS) is 12.8. The lowest BCUT2D eigenvalue weighted by molar-refractivity contribution is -0.142. The number of rotatable bonds is 15. The van der Waals surface area contributed by atoms with Crippen molar-refractivity contribution in [2.45, 2.75) is 111 Å². The Labute approximate surface area is 228 Å². The van der Waals surface area contributed by atoms with Crippen LogP contribution in [0.3, 0.4) is 0 Å². The maximum absolute atomic E-state index is 14.1. The number of hydrogen-bond acceptors (Lipinski definition) is 5. The summed E-state index contributed by atoms with van der Waals surface area (Å²) in [5.74, 6) is -1.32. The Morgan fingerprint density at radius 3 is 2.26 bits per heavy atom. The smallest absolute Gasteiger partial charge is 0.408 e. The van der Waals surface area contributed by atoms with E-state index in [1.807, 2.05) is 39.0 Å².